The molecule has 0 aromatic heterocycles. The van der Waals surface area contributed by atoms with Crippen molar-refractivity contribution in [3.05, 3.63) is 95.6 Å². The number of carbonyl (C=O) groups is 4. The number of rotatable bonds is 11. The van der Waals surface area contributed by atoms with Crippen molar-refractivity contribution in [2.75, 3.05) is 19.8 Å². The van der Waals surface area contributed by atoms with Crippen molar-refractivity contribution in [3.8, 4) is 11.1 Å². The van der Waals surface area contributed by atoms with Crippen molar-refractivity contribution in [2.45, 2.75) is 37.5 Å². The maximum atomic E-state index is 13.1. The smallest absolute Gasteiger partial charge is 0.407 e. The van der Waals surface area contributed by atoms with Gasteiger partial charge in [0.05, 0.1) is 25.0 Å². The molecule has 0 unspecified atom stereocenters. The van der Waals surface area contributed by atoms with Crippen molar-refractivity contribution in [3.63, 3.8) is 0 Å². The van der Waals surface area contributed by atoms with Gasteiger partial charge in [0, 0.05) is 12.5 Å². The molecule has 1 fully saturated rings. The highest BCUT2D eigenvalue weighted by Gasteiger charge is 2.33. The largest absolute Gasteiger partial charge is 0.481 e. The number of nitrogens with one attached hydrogen (secondary N) is 2. The van der Waals surface area contributed by atoms with Crippen molar-refractivity contribution < 1.29 is 38.5 Å². The van der Waals surface area contributed by atoms with Crippen LogP contribution in [0.2, 0.25) is 0 Å². The molecular formula is C32H32N2O8. The summed E-state index contributed by atoms with van der Waals surface area (Å²) in [5.41, 5.74) is 5.03. The second-order valence-electron chi connectivity index (χ2n) is 10.3. The maximum Gasteiger partial charge on any atom is 0.407 e. The minimum Gasteiger partial charge on any atom is -0.481 e. The van der Waals surface area contributed by atoms with E-state index in [0.717, 1.165) is 27.8 Å². The zero-order valence-corrected chi connectivity index (χ0v) is 22.9. The van der Waals surface area contributed by atoms with Crippen LogP contribution in [0.1, 0.15) is 35.4 Å². The highest BCUT2D eigenvalue weighted by atomic mass is 16.6. The summed E-state index contributed by atoms with van der Waals surface area (Å²) in [5.74, 6) is -3.09. The summed E-state index contributed by atoms with van der Waals surface area (Å²) in [5, 5.41) is 14.4. The lowest BCUT2D eigenvalue weighted by atomic mass is 9.98. The van der Waals surface area contributed by atoms with Crippen LogP contribution < -0.4 is 10.6 Å². The van der Waals surface area contributed by atoms with E-state index in [1.165, 1.54) is 0 Å². The van der Waals surface area contributed by atoms with Crippen LogP contribution in [0.5, 0.6) is 0 Å². The normalized spacial score (nSPS) is 17.9. The third kappa shape index (κ3) is 6.95. The molecule has 0 radical (unpaired) electrons. The van der Waals surface area contributed by atoms with Gasteiger partial charge in [-0.3, -0.25) is 14.4 Å². The van der Waals surface area contributed by atoms with Gasteiger partial charge < -0.3 is 30.0 Å². The van der Waals surface area contributed by atoms with E-state index >= 15 is 0 Å². The highest BCUT2D eigenvalue weighted by molar-refractivity contribution is 5.89. The Morgan fingerprint density at radius 2 is 1.52 bits per heavy atom. The fourth-order valence-electron chi connectivity index (χ4n) is 5.31. The van der Waals surface area contributed by atoms with Crippen LogP contribution in [0.25, 0.3) is 11.1 Å². The average molecular weight is 573 g/mol. The number of hydrogen-bond acceptors (Lipinski definition) is 7. The molecule has 10 heteroatoms. The van der Waals surface area contributed by atoms with Gasteiger partial charge in [0.1, 0.15) is 19.3 Å². The number of alkyl carbamates (subject to hydrolysis) is 1. The Labute approximate surface area is 243 Å². The quantitative estimate of drug-likeness (QED) is 0.296. The molecule has 3 atom stereocenters. The minimum atomic E-state index is -1.28. The Bertz CT molecular complexity index is 1400. The van der Waals surface area contributed by atoms with E-state index < -0.39 is 48.4 Å². The lowest BCUT2D eigenvalue weighted by Gasteiger charge is -2.20. The maximum absolute atomic E-state index is 13.1. The van der Waals surface area contributed by atoms with Crippen LogP contribution in [-0.4, -0.2) is 60.9 Å². The summed E-state index contributed by atoms with van der Waals surface area (Å²) in [4.78, 5) is 49.9. The van der Waals surface area contributed by atoms with E-state index in [1.807, 2.05) is 66.7 Å². The average Bonchev–Trinajstić information content (AvgIpc) is 3.61. The van der Waals surface area contributed by atoms with Crippen molar-refractivity contribution in [1.82, 2.24) is 10.6 Å². The molecule has 0 bridgehead atoms. The lowest BCUT2D eigenvalue weighted by Crippen LogP contribution is -2.49. The molecule has 2 aliphatic rings. The Hall–Kier alpha value is -4.70. The van der Waals surface area contributed by atoms with Gasteiger partial charge in [-0.1, -0.05) is 78.9 Å². The van der Waals surface area contributed by atoms with Gasteiger partial charge in [-0.05, 0) is 34.2 Å². The van der Waals surface area contributed by atoms with E-state index in [4.69, 9.17) is 14.2 Å². The molecule has 1 saturated heterocycles. The standard InChI is InChI=1S/C32H32N2O8/c35-29(41-17-20-8-2-1-3-9-20)15-28(30(36)33-16-22-14-21(18-40-22)31(37)38)34-32(39)42-19-27-25-12-6-4-10-23(25)24-11-5-7-13-26(24)27/h1-13,21-22,27-28H,14-19H2,(H,33,36)(H,34,39)(H,37,38)/t21-,22-,28+/m1/s1. The molecule has 5 rings (SSSR count). The Balaban J connectivity index is 1.20. The van der Waals surface area contributed by atoms with Crippen LogP contribution >= 0.6 is 0 Å². The minimum absolute atomic E-state index is 0.0193. The predicted octanol–water partition coefficient (Wildman–Crippen LogP) is 3.63. The second kappa shape index (κ2) is 13.3. The second-order valence-corrected chi connectivity index (χ2v) is 10.3. The molecule has 0 spiro atoms. The third-order valence-corrected chi connectivity index (χ3v) is 7.50. The third-order valence-electron chi connectivity index (χ3n) is 7.50. The fourth-order valence-corrected chi connectivity index (χ4v) is 5.31. The van der Waals surface area contributed by atoms with Gasteiger partial charge in [0.2, 0.25) is 5.91 Å². The van der Waals surface area contributed by atoms with Crippen LogP contribution in [0, 0.1) is 5.92 Å². The van der Waals surface area contributed by atoms with Gasteiger partial charge in [0.15, 0.2) is 0 Å². The van der Waals surface area contributed by atoms with Crippen molar-refractivity contribution >= 4 is 23.9 Å². The SMILES string of the molecule is O=C(C[C@H](NC(=O)OCC1c2ccccc2-c2ccccc21)C(=O)NC[C@H]1C[C@@H](C(=O)O)CO1)OCc1ccccc1. The number of aliphatic carboxylic acids is 1. The van der Waals surface area contributed by atoms with Crippen molar-refractivity contribution in [1.29, 1.82) is 0 Å². The zero-order chi connectivity index (χ0) is 29.5. The fraction of sp³-hybridized carbons (Fsp3) is 0.312. The molecule has 1 aliphatic heterocycles. The van der Waals surface area contributed by atoms with Gasteiger partial charge in [-0.15, -0.1) is 0 Å². The highest BCUT2D eigenvalue weighted by Crippen LogP contribution is 2.44. The van der Waals surface area contributed by atoms with E-state index in [0.29, 0.717) is 0 Å². The van der Waals surface area contributed by atoms with Crippen LogP contribution in [0.15, 0.2) is 78.9 Å². The van der Waals surface area contributed by atoms with Gasteiger partial charge in [-0.2, -0.15) is 0 Å². The summed E-state index contributed by atoms with van der Waals surface area (Å²) >= 11 is 0. The number of amides is 2. The summed E-state index contributed by atoms with van der Waals surface area (Å²) in [6, 6.07) is 23.7. The number of carbonyl (C=O) groups excluding carboxylic acids is 3. The molecule has 2 amide bonds. The molecule has 3 aromatic carbocycles. The number of hydrogen-bond donors (Lipinski definition) is 3. The van der Waals surface area contributed by atoms with E-state index in [-0.39, 0.29) is 38.7 Å². The van der Waals surface area contributed by atoms with E-state index in [9.17, 15) is 24.3 Å². The van der Waals surface area contributed by atoms with Gasteiger partial charge in [0.25, 0.3) is 0 Å². The van der Waals surface area contributed by atoms with Crippen molar-refractivity contribution in [2.24, 2.45) is 5.92 Å². The Morgan fingerprint density at radius 1 is 0.881 bits per heavy atom. The number of benzene rings is 3. The summed E-state index contributed by atoms with van der Waals surface area (Å²) in [6.45, 7) is 0.151. The lowest BCUT2D eigenvalue weighted by molar-refractivity contribution is -0.147. The number of esters is 1. The Morgan fingerprint density at radius 3 is 2.17 bits per heavy atom. The predicted molar refractivity (Wildman–Crippen MR) is 151 cm³/mol. The first-order valence-electron chi connectivity index (χ1n) is 13.8. The first-order valence-corrected chi connectivity index (χ1v) is 13.8. The molecule has 3 N–H and O–H groups in total. The monoisotopic (exact) mass is 572 g/mol. The van der Waals surface area contributed by atoms with E-state index in [1.54, 1.807) is 12.1 Å². The molecule has 0 saturated carbocycles. The molecular weight excluding hydrogens is 540 g/mol. The molecule has 218 valence electrons. The van der Waals surface area contributed by atoms with Crippen LogP contribution in [0.3, 0.4) is 0 Å². The zero-order valence-electron chi connectivity index (χ0n) is 22.9. The number of ether oxygens (including phenoxy) is 3. The molecule has 1 aliphatic carbocycles. The van der Waals surface area contributed by atoms with Gasteiger partial charge in [-0.25, -0.2) is 4.79 Å². The topological polar surface area (TPSA) is 140 Å². The molecule has 1 heterocycles. The molecule has 10 nitrogen and oxygen atoms in total. The Kier molecular flexibility index (Phi) is 9.13. The van der Waals surface area contributed by atoms with Crippen LogP contribution in [-0.2, 0) is 35.2 Å². The number of carboxylic acids is 1. The molecule has 3 aromatic rings. The van der Waals surface area contributed by atoms with Gasteiger partial charge >= 0.3 is 18.0 Å². The summed E-state index contributed by atoms with van der Waals surface area (Å²) < 4.78 is 16.4. The first kappa shape index (κ1) is 28.8. The van der Waals surface area contributed by atoms with Crippen LogP contribution in [0.4, 0.5) is 4.79 Å². The summed E-state index contributed by atoms with van der Waals surface area (Å²) in [6.07, 6.45) is -1.52. The van der Waals surface area contributed by atoms with E-state index in [2.05, 4.69) is 10.6 Å². The summed E-state index contributed by atoms with van der Waals surface area (Å²) in [7, 11) is 0. The number of fused-ring (bicyclic) bond motifs is 3. The molecule has 42 heavy (non-hydrogen) atoms. The first-order chi connectivity index (χ1) is 20.4. The number of carboxylic acid groups (broad SMARTS) is 1.